The van der Waals surface area contributed by atoms with Crippen molar-refractivity contribution in [3.63, 3.8) is 0 Å². The van der Waals surface area contributed by atoms with Crippen LogP contribution in [0.4, 0.5) is 0 Å². The van der Waals surface area contributed by atoms with Crippen molar-refractivity contribution in [1.29, 1.82) is 0 Å². The molecule has 0 aromatic carbocycles. The summed E-state index contributed by atoms with van der Waals surface area (Å²) in [6.45, 7) is 2.13. The number of pyridine rings is 1. The van der Waals surface area contributed by atoms with E-state index < -0.39 is 0 Å². The first-order valence-corrected chi connectivity index (χ1v) is 5.51. The summed E-state index contributed by atoms with van der Waals surface area (Å²) in [4.78, 5) is 4.00. The molecule has 0 radical (unpaired) electrons. The standard InChI is InChI=1S/C13H16N2O/c1-3-12(14-2)13-8-11(9-16-13)10-4-6-15-7-5-10/h4-9,12,14H,3H2,1-2H3. The molecule has 0 aliphatic carbocycles. The predicted octanol–water partition coefficient (Wildman–Crippen LogP) is 3.01. The fraction of sp³-hybridized carbons (Fsp3) is 0.308. The van der Waals surface area contributed by atoms with Gasteiger partial charge in [-0.2, -0.15) is 0 Å². The molecule has 0 spiro atoms. The largest absolute Gasteiger partial charge is 0.467 e. The highest BCUT2D eigenvalue weighted by Crippen LogP contribution is 2.25. The van der Waals surface area contributed by atoms with Crippen LogP contribution in [0.3, 0.4) is 0 Å². The fourth-order valence-corrected chi connectivity index (χ4v) is 1.78. The van der Waals surface area contributed by atoms with Crippen LogP contribution in [0.1, 0.15) is 25.1 Å². The maximum absolute atomic E-state index is 5.58. The Balaban J connectivity index is 2.26. The van der Waals surface area contributed by atoms with Crippen LogP contribution in [0.2, 0.25) is 0 Å². The lowest BCUT2D eigenvalue weighted by atomic mass is 10.1. The van der Waals surface area contributed by atoms with Crippen LogP contribution in [0.5, 0.6) is 0 Å². The molecule has 0 saturated heterocycles. The summed E-state index contributed by atoms with van der Waals surface area (Å²) in [6.07, 6.45) is 6.39. The average Bonchev–Trinajstić information content (AvgIpc) is 2.81. The van der Waals surface area contributed by atoms with Crippen LogP contribution < -0.4 is 5.32 Å². The van der Waals surface area contributed by atoms with E-state index in [2.05, 4.69) is 23.3 Å². The van der Waals surface area contributed by atoms with Crippen LogP contribution in [-0.2, 0) is 0 Å². The first-order valence-electron chi connectivity index (χ1n) is 5.51. The van der Waals surface area contributed by atoms with E-state index in [9.17, 15) is 0 Å². The summed E-state index contributed by atoms with van der Waals surface area (Å²) in [5.74, 6) is 0.983. The number of nitrogens with one attached hydrogen (secondary N) is 1. The van der Waals surface area contributed by atoms with Crippen molar-refractivity contribution in [1.82, 2.24) is 10.3 Å². The van der Waals surface area contributed by atoms with Crippen LogP contribution in [0.25, 0.3) is 11.1 Å². The van der Waals surface area contributed by atoms with Gasteiger partial charge >= 0.3 is 0 Å². The van der Waals surface area contributed by atoms with Crippen molar-refractivity contribution in [3.8, 4) is 11.1 Å². The Morgan fingerprint density at radius 3 is 2.69 bits per heavy atom. The molecule has 0 bridgehead atoms. The lowest BCUT2D eigenvalue weighted by Crippen LogP contribution is -2.14. The Labute approximate surface area is 95.5 Å². The van der Waals surface area contributed by atoms with Crippen LogP contribution >= 0.6 is 0 Å². The lowest BCUT2D eigenvalue weighted by molar-refractivity contribution is 0.424. The Kier molecular flexibility index (Phi) is 3.37. The van der Waals surface area contributed by atoms with E-state index in [1.807, 2.05) is 19.2 Å². The summed E-state index contributed by atoms with van der Waals surface area (Å²) < 4.78 is 5.58. The van der Waals surface area contributed by atoms with Gasteiger partial charge in [0, 0.05) is 18.0 Å². The fourth-order valence-electron chi connectivity index (χ4n) is 1.78. The van der Waals surface area contributed by atoms with Crippen molar-refractivity contribution in [2.24, 2.45) is 0 Å². The van der Waals surface area contributed by atoms with Crippen LogP contribution in [-0.4, -0.2) is 12.0 Å². The second kappa shape index (κ2) is 4.94. The second-order valence-electron chi connectivity index (χ2n) is 3.72. The number of hydrogen-bond donors (Lipinski definition) is 1. The summed E-state index contributed by atoms with van der Waals surface area (Å²) in [6, 6.07) is 6.33. The first-order chi connectivity index (χ1) is 7.85. The monoisotopic (exact) mass is 216 g/mol. The molecule has 2 rings (SSSR count). The molecule has 0 aliphatic heterocycles. The number of hydrogen-bond acceptors (Lipinski definition) is 3. The van der Waals surface area contributed by atoms with Gasteiger partial charge in [0.15, 0.2) is 0 Å². The normalized spacial score (nSPS) is 12.6. The molecule has 3 nitrogen and oxygen atoms in total. The molecule has 16 heavy (non-hydrogen) atoms. The van der Waals surface area contributed by atoms with E-state index in [0.717, 1.165) is 23.3 Å². The van der Waals surface area contributed by atoms with E-state index in [1.165, 1.54) is 0 Å². The van der Waals surface area contributed by atoms with E-state index in [-0.39, 0.29) is 6.04 Å². The third kappa shape index (κ3) is 2.14. The number of nitrogens with zero attached hydrogens (tertiary/aromatic N) is 1. The van der Waals surface area contributed by atoms with Gasteiger partial charge in [-0.05, 0) is 37.2 Å². The molecule has 2 heterocycles. The predicted molar refractivity (Wildman–Crippen MR) is 64.0 cm³/mol. The molecular formula is C13H16N2O. The topological polar surface area (TPSA) is 38.1 Å². The van der Waals surface area contributed by atoms with E-state index in [4.69, 9.17) is 4.42 Å². The maximum Gasteiger partial charge on any atom is 0.121 e. The lowest BCUT2D eigenvalue weighted by Gasteiger charge is -2.09. The minimum Gasteiger partial charge on any atom is -0.467 e. The molecule has 1 unspecified atom stereocenters. The highest BCUT2D eigenvalue weighted by atomic mass is 16.3. The van der Waals surface area contributed by atoms with Crippen molar-refractivity contribution in [2.45, 2.75) is 19.4 Å². The van der Waals surface area contributed by atoms with Gasteiger partial charge in [0.1, 0.15) is 5.76 Å². The average molecular weight is 216 g/mol. The van der Waals surface area contributed by atoms with Crippen molar-refractivity contribution < 1.29 is 4.42 Å². The second-order valence-corrected chi connectivity index (χ2v) is 3.72. The van der Waals surface area contributed by atoms with Gasteiger partial charge < -0.3 is 9.73 Å². The molecule has 2 aromatic heterocycles. The van der Waals surface area contributed by atoms with Gasteiger partial charge in [-0.15, -0.1) is 0 Å². The third-order valence-electron chi connectivity index (χ3n) is 2.73. The molecular weight excluding hydrogens is 200 g/mol. The first kappa shape index (κ1) is 10.9. The molecule has 0 saturated carbocycles. The molecule has 0 fully saturated rings. The van der Waals surface area contributed by atoms with Gasteiger partial charge in [-0.1, -0.05) is 6.92 Å². The zero-order chi connectivity index (χ0) is 11.4. The summed E-state index contributed by atoms with van der Waals surface area (Å²) >= 11 is 0. The minimum atomic E-state index is 0.288. The molecule has 1 atom stereocenters. The summed E-state index contributed by atoms with van der Waals surface area (Å²) in [5, 5.41) is 3.23. The zero-order valence-electron chi connectivity index (χ0n) is 9.60. The highest BCUT2D eigenvalue weighted by Gasteiger charge is 2.11. The van der Waals surface area contributed by atoms with Crippen molar-refractivity contribution in [3.05, 3.63) is 42.6 Å². The Morgan fingerprint density at radius 2 is 2.06 bits per heavy atom. The molecule has 0 amide bonds. The molecule has 2 aromatic rings. The Bertz CT molecular complexity index is 432. The van der Waals surface area contributed by atoms with Gasteiger partial charge in [-0.25, -0.2) is 0 Å². The van der Waals surface area contributed by atoms with Crippen molar-refractivity contribution >= 4 is 0 Å². The number of rotatable bonds is 4. The Hall–Kier alpha value is -1.61. The SMILES string of the molecule is CCC(NC)c1cc(-c2ccncc2)co1. The zero-order valence-corrected chi connectivity index (χ0v) is 9.60. The van der Waals surface area contributed by atoms with Gasteiger partial charge in [0.05, 0.1) is 12.3 Å². The molecule has 1 N–H and O–H groups in total. The molecule has 3 heteroatoms. The number of aromatic nitrogens is 1. The Morgan fingerprint density at radius 1 is 1.31 bits per heavy atom. The van der Waals surface area contributed by atoms with Crippen LogP contribution in [0, 0.1) is 0 Å². The van der Waals surface area contributed by atoms with E-state index in [0.29, 0.717) is 0 Å². The maximum atomic E-state index is 5.58. The number of furan rings is 1. The van der Waals surface area contributed by atoms with Gasteiger partial charge in [-0.3, -0.25) is 4.98 Å². The smallest absolute Gasteiger partial charge is 0.121 e. The van der Waals surface area contributed by atoms with E-state index >= 15 is 0 Å². The van der Waals surface area contributed by atoms with Crippen LogP contribution in [0.15, 0.2) is 41.3 Å². The quantitative estimate of drug-likeness (QED) is 0.853. The third-order valence-corrected chi connectivity index (χ3v) is 2.73. The van der Waals surface area contributed by atoms with Crippen molar-refractivity contribution in [2.75, 3.05) is 7.05 Å². The van der Waals surface area contributed by atoms with E-state index in [1.54, 1.807) is 18.7 Å². The molecule has 0 aliphatic rings. The van der Waals surface area contributed by atoms with Gasteiger partial charge in [0.2, 0.25) is 0 Å². The summed E-state index contributed by atoms with van der Waals surface area (Å²) in [5.41, 5.74) is 2.24. The minimum absolute atomic E-state index is 0.288. The summed E-state index contributed by atoms with van der Waals surface area (Å²) in [7, 11) is 1.95. The molecule has 84 valence electrons. The highest BCUT2D eigenvalue weighted by molar-refractivity contribution is 5.61. The van der Waals surface area contributed by atoms with Gasteiger partial charge in [0.25, 0.3) is 0 Å².